The van der Waals surface area contributed by atoms with E-state index in [0.717, 1.165) is 25.7 Å². The van der Waals surface area contributed by atoms with Gasteiger partial charge in [-0.3, -0.25) is 12.2 Å². The zero-order chi connectivity index (χ0) is 45.2. The molecule has 0 saturated carbocycles. The van der Waals surface area contributed by atoms with E-state index in [9.17, 15) is 0 Å². The summed E-state index contributed by atoms with van der Waals surface area (Å²) in [5.74, 6) is 0. The van der Waals surface area contributed by atoms with Gasteiger partial charge >= 0.3 is 198 Å². The van der Waals surface area contributed by atoms with E-state index >= 15 is 0 Å². The second-order valence-electron chi connectivity index (χ2n) is 16.4. The number of rotatable bonds is 8. The minimum atomic E-state index is 0. The van der Waals surface area contributed by atoms with Gasteiger partial charge in [0, 0.05) is 0 Å². The molecule has 0 amide bonds. The molecular weight excluding hydrogens is 998 g/mol. The number of benzene rings is 4. The molecule has 0 N–H and O–H groups in total. The van der Waals surface area contributed by atoms with Crippen molar-refractivity contribution in [3.63, 3.8) is 0 Å². The average Bonchev–Trinajstić information content (AvgIpc) is 4.23. The molecular formula is C62H68Cl2Zr2-2. The summed E-state index contributed by atoms with van der Waals surface area (Å²) in [5.41, 5.74) is 17.6. The van der Waals surface area contributed by atoms with Gasteiger partial charge in [-0.2, -0.15) is 69.8 Å². The second kappa shape index (κ2) is 33.2. The summed E-state index contributed by atoms with van der Waals surface area (Å²) in [4.78, 5) is 0. The Hall–Kier alpha value is -3.37. The van der Waals surface area contributed by atoms with Gasteiger partial charge in [0.25, 0.3) is 0 Å². The molecule has 0 fully saturated rings. The molecule has 0 aromatic heterocycles. The van der Waals surface area contributed by atoms with Crippen LogP contribution in [0.2, 0.25) is 0 Å². The van der Waals surface area contributed by atoms with Crippen LogP contribution in [0.5, 0.6) is 0 Å². The monoisotopic (exact) mass is 1060 g/mol. The molecule has 0 bridgehead atoms. The minimum Gasteiger partial charge on any atom is -0.210 e. The molecule has 0 atom stereocenters. The van der Waals surface area contributed by atoms with Crippen LogP contribution in [0.25, 0.3) is 0 Å². The van der Waals surface area contributed by atoms with Crippen LogP contribution in [0.15, 0.2) is 192 Å². The van der Waals surface area contributed by atoms with Crippen molar-refractivity contribution in [2.75, 3.05) is 0 Å². The van der Waals surface area contributed by atoms with Crippen molar-refractivity contribution in [2.24, 2.45) is 0 Å². The van der Waals surface area contributed by atoms with Crippen LogP contribution in [0.4, 0.5) is 0 Å². The van der Waals surface area contributed by atoms with Gasteiger partial charge in [-0.15, -0.1) is 12.8 Å². The van der Waals surface area contributed by atoms with E-state index in [1.54, 1.807) is 22.3 Å². The summed E-state index contributed by atoms with van der Waals surface area (Å²) in [5, 5.41) is 0. The fraction of sp³-hybridized carbons (Fsp3) is 0.290. The Balaban J connectivity index is 0.000000211. The van der Waals surface area contributed by atoms with Crippen molar-refractivity contribution < 1.29 is 73.3 Å². The number of halogens is 2. The van der Waals surface area contributed by atoms with Crippen molar-refractivity contribution in [2.45, 2.75) is 118 Å². The maximum atomic E-state index is 3.33. The molecule has 66 heavy (non-hydrogen) atoms. The molecule has 10 rings (SSSR count). The quantitative estimate of drug-likeness (QED) is 0.133. The summed E-state index contributed by atoms with van der Waals surface area (Å²) >= 11 is 2.92. The normalized spacial score (nSPS) is 13.7. The van der Waals surface area contributed by atoms with Gasteiger partial charge in [0.2, 0.25) is 0 Å². The summed E-state index contributed by atoms with van der Waals surface area (Å²) in [6.07, 6.45) is 28.9. The van der Waals surface area contributed by atoms with Crippen LogP contribution in [-0.4, -0.2) is 6.41 Å². The summed E-state index contributed by atoms with van der Waals surface area (Å²) in [7, 11) is 0. The van der Waals surface area contributed by atoms with Crippen LogP contribution in [0, 0.1) is 12.2 Å². The Bertz CT molecular complexity index is 2060. The van der Waals surface area contributed by atoms with Crippen molar-refractivity contribution in [3.8, 4) is 0 Å². The van der Waals surface area contributed by atoms with E-state index in [4.69, 9.17) is 0 Å². The average molecular weight is 1070 g/mol. The molecule has 0 nitrogen and oxygen atoms in total. The van der Waals surface area contributed by atoms with Gasteiger partial charge in [0.1, 0.15) is 0 Å². The molecule has 4 aliphatic rings. The zero-order valence-corrected chi connectivity index (χ0v) is 46.2. The Morgan fingerprint density at radius 1 is 0.424 bits per heavy atom. The third-order valence-electron chi connectivity index (χ3n) is 12.1. The largest absolute Gasteiger partial charge is 0.210 e. The first-order valence-corrected chi connectivity index (χ1v) is 26.3. The van der Waals surface area contributed by atoms with Crippen molar-refractivity contribution in [1.29, 1.82) is 0 Å². The fourth-order valence-corrected chi connectivity index (χ4v) is 10.1. The zero-order valence-electron chi connectivity index (χ0n) is 39.8. The van der Waals surface area contributed by atoms with Gasteiger partial charge in [-0.25, -0.2) is 23.3 Å². The molecule has 0 unspecified atom stereocenters. The topological polar surface area (TPSA) is 0 Å². The first-order valence-electron chi connectivity index (χ1n) is 23.9. The van der Waals surface area contributed by atoms with Crippen LogP contribution < -0.4 is 24.8 Å². The summed E-state index contributed by atoms with van der Waals surface area (Å²) in [6.45, 7) is 8.79. The predicted molar refractivity (Wildman–Crippen MR) is 270 cm³/mol. The van der Waals surface area contributed by atoms with E-state index in [1.807, 2.05) is 0 Å². The first kappa shape index (κ1) is 56.9. The van der Waals surface area contributed by atoms with Gasteiger partial charge < -0.3 is 24.8 Å². The number of aryl methyl sites for hydroxylation is 4. The maximum Gasteiger partial charge on any atom is -0.0512 e. The Kier molecular flexibility index (Phi) is 28.6. The molecule has 0 aliphatic heterocycles. The third kappa shape index (κ3) is 19.0. The Morgan fingerprint density at radius 2 is 0.727 bits per heavy atom. The van der Waals surface area contributed by atoms with Crippen molar-refractivity contribution in [1.82, 2.24) is 0 Å². The molecule has 0 spiro atoms. The molecule has 0 heterocycles. The number of hydrogen-bond donors (Lipinski definition) is 0. The number of hydrogen-bond acceptors (Lipinski definition) is 0. The number of allylic oxidation sites excluding steroid dienone is 8. The van der Waals surface area contributed by atoms with Crippen LogP contribution >= 0.6 is 0 Å². The van der Waals surface area contributed by atoms with E-state index in [2.05, 4.69) is 210 Å². The second-order valence-corrected chi connectivity index (χ2v) is 18.8. The molecule has 340 valence electrons. The smallest absolute Gasteiger partial charge is 0.0512 e. The van der Waals surface area contributed by atoms with Crippen molar-refractivity contribution in [3.05, 3.63) is 249 Å². The summed E-state index contributed by atoms with van der Waals surface area (Å²) in [6, 6.07) is 55.6. The SMILES string of the molecule is CCC1=[C-]CC=C1CC.CCC1=[C-]CC=C1CC.[Cl-].[Cl-].[Zr+2]=[C](c1ccccc1)c1ccccc1.[Zr+2]=[C](c1ccccc1)c1ccccc1.c1cc2c([cH-]1)CCCC2.c1cc2c([cH-]1)CCCC2. The molecule has 6 aromatic rings. The molecule has 0 saturated heterocycles. The predicted octanol–water partition coefficient (Wildman–Crippen LogP) is 9.91. The van der Waals surface area contributed by atoms with E-state index < -0.39 is 0 Å². The molecule has 4 heteroatoms. The fourth-order valence-electron chi connectivity index (χ4n) is 8.47. The standard InChI is InChI=1S/2C13H10.2C9H11.2C9H13.2ClH.2Zr/c2*1-3-7-12(8-4-1)11-13-9-5-2-6-10-13;2*1-2-5-9-7-3-6-8(9)4-1;2*1-3-8-6-5-7-9(8)4-2;;;;/h2*1-10H;2*3,6-7H,1-2,4-5H2;2*6H,3-5H2,1-2H3;2*1H;;/q;;4*-1;;;2*+2/p-2. The Morgan fingerprint density at radius 3 is 0.985 bits per heavy atom. The van der Waals surface area contributed by atoms with Crippen LogP contribution in [0.1, 0.15) is 136 Å². The summed E-state index contributed by atoms with van der Waals surface area (Å²) < 4.78 is 2.83. The first-order chi connectivity index (χ1) is 31.4. The molecule has 6 aromatic carbocycles. The van der Waals surface area contributed by atoms with E-state index in [0.29, 0.717) is 0 Å². The van der Waals surface area contributed by atoms with E-state index in [1.165, 1.54) is 164 Å². The van der Waals surface area contributed by atoms with Gasteiger partial charge in [0.05, 0.1) is 0 Å². The molecule has 0 radical (unpaired) electrons. The molecule has 4 aliphatic carbocycles. The minimum absolute atomic E-state index is 0. The van der Waals surface area contributed by atoms with Gasteiger partial charge in [-0.1, -0.05) is 105 Å². The maximum absolute atomic E-state index is 3.33. The van der Waals surface area contributed by atoms with Crippen LogP contribution in [-0.2, 0) is 74.2 Å². The van der Waals surface area contributed by atoms with Gasteiger partial charge in [0.15, 0.2) is 0 Å². The number of fused-ring (bicyclic) bond motifs is 2. The third-order valence-corrected chi connectivity index (χ3v) is 15.0. The van der Waals surface area contributed by atoms with E-state index in [-0.39, 0.29) is 24.8 Å². The Labute approximate surface area is 442 Å². The van der Waals surface area contributed by atoms with Gasteiger partial charge in [-0.05, 0) is 0 Å². The van der Waals surface area contributed by atoms with Crippen molar-refractivity contribution >= 4 is 6.41 Å². The van der Waals surface area contributed by atoms with Crippen LogP contribution in [0.3, 0.4) is 0 Å².